The first-order chi connectivity index (χ1) is 13.1. The van der Waals surface area contributed by atoms with Gasteiger partial charge in [0.25, 0.3) is 0 Å². The van der Waals surface area contributed by atoms with E-state index in [1.54, 1.807) is 19.5 Å². The Hall–Kier alpha value is -2.58. The molecular weight excluding hydrogens is 360 g/mol. The third-order valence-corrected chi connectivity index (χ3v) is 5.36. The van der Waals surface area contributed by atoms with Crippen LogP contribution in [0.3, 0.4) is 0 Å². The summed E-state index contributed by atoms with van der Waals surface area (Å²) < 4.78 is 7.58. The summed E-state index contributed by atoms with van der Waals surface area (Å²) >= 11 is 5.75. The Balaban J connectivity index is 1.63. The Kier molecular flexibility index (Phi) is 4.75. The third-order valence-electron chi connectivity index (χ3n) is 5.02. The number of aromatic nitrogens is 4. The first-order valence-corrected chi connectivity index (χ1v) is 9.30. The van der Waals surface area contributed by atoms with Gasteiger partial charge in [-0.25, -0.2) is 0 Å². The van der Waals surface area contributed by atoms with Crippen LogP contribution in [0, 0.1) is 13.8 Å². The second-order valence-electron chi connectivity index (χ2n) is 6.87. The Morgan fingerprint density at radius 2 is 2.15 bits per heavy atom. The fourth-order valence-electron chi connectivity index (χ4n) is 3.58. The van der Waals surface area contributed by atoms with Crippen LogP contribution in [0.5, 0.6) is 0 Å². The average molecular weight is 382 g/mol. The van der Waals surface area contributed by atoms with E-state index in [-0.39, 0.29) is 12.1 Å². The highest BCUT2D eigenvalue weighted by Gasteiger charge is 2.37. The van der Waals surface area contributed by atoms with Crippen molar-refractivity contribution in [2.24, 2.45) is 0 Å². The number of nitrogens with one attached hydrogen (secondary N) is 1. The lowest BCUT2D eigenvalue weighted by Gasteiger charge is -2.26. The number of hydrogen-bond donors (Lipinski definition) is 1. The Bertz CT molecular complexity index is 987. The molecule has 7 nitrogen and oxygen atoms in total. The molecule has 1 aromatic carbocycles. The molecule has 1 aliphatic heterocycles. The van der Waals surface area contributed by atoms with Crippen molar-refractivity contribution in [1.82, 2.24) is 24.5 Å². The van der Waals surface area contributed by atoms with Crippen LogP contribution in [-0.2, 0) is 4.74 Å². The van der Waals surface area contributed by atoms with Crippen LogP contribution in [0.15, 0.2) is 36.8 Å². The van der Waals surface area contributed by atoms with Crippen molar-refractivity contribution in [3.8, 4) is 0 Å². The molecule has 0 saturated carbocycles. The summed E-state index contributed by atoms with van der Waals surface area (Å²) in [5.41, 5.74) is 4.13. The van der Waals surface area contributed by atoms with Crippen molar-refractivity contribution in [1.29, 1.82) is 0 Å². The van der Waals surface area contributed by atoms with Gasteiger partial charge < -0.3 is 15.0 Å². The molecule has 4 rings (SSSR count). The molecule has 0 radical (unpaired) electrons. The molecule has 2 atom stereocenters. The number of thiocarbonyl (C=S) groups is 1. The first kappa shape index (κ1) is 17.8. The van der Waals surface area contributed by atoms with E-state index in [1.165, 1.54) is 5.56 Å². The molecule has 3 heterocycles. The van der Waals surface area contributed by atoms with Crippen LogP contribution in [0.2, 0.25) is 0 Å². The van der Waals surface area contributed by atoms with E-state index in [2.05, 4.69) is 57.4 Å². The molecule has 0 amide bonds. The fourth-order valence-corrected chi connectivity index (χ4v) is 3.89. The number of benzene rings is 1. The van der Waals surface area contributed by atoms with E-state index in [9.17, 15) is 0 Å². The zero-order chi connectivity index (χ0) is 19.0. The molecule has 1 aliphatic rings. The monoisotopic (exact) mass is 382 g/mol. The van der Waals surface area contributed by atoms with Gasteiger partial charge in [0.2, 0.25) is 0 Å². The number of rotatable bonds is 3. The molecule has 1 fully saturated rings. The van der Waals surface area contributed by atoms with Crippen LogP contribution >= 0.6 is 12.2 Å². The van der Waals surface area contributed by atoms with E-state index in [1.807, 2.05) is 10.6 Å². The summed E-state index contributed by atoms with van der Waals surface area (Å²) in [5, 5.41) is 12.7. The minimum absolute atomic E-state index is 0.0156. The van der Waals surface area contributed by atoms with Crippen molar-refractivity contribution in [2.45, 2.75) is 32.4 Å². The molecule has 1 N–H and O–H groups in total. The molecule has 0 aliphatic carbocycles. The quantitative estimate of drug-likeness (QED) is 0.699. The van der Waals surface area contributed by atoms with Crippen LogP contribution in [0.1, 0.15) is 29.4 Å². The van der Waals surface area contributed by atoms with E-state index in [0.717, 1.165) is 29.1 Å². The lowest BCUT2D eigenvalue weighted by atomic mass is 10.1. The number of likely N-dealkylation sites (tertiary alicyclic amines) is 1. The predicted molar refractivity (Wildman–Crippen MR) is 108 cm³/mol. The van der Waals surface area contributed by atoms with E-state index >= 15 is 0 Å². The van der Waals surface area contributed by atoms with Gasteiger partial charge in [-0.3, -0.25) is 9.38 Å². The van der Waals surface area contributed by atoms with Gasteiger partial charge in [0.15, 0.2) is 16.6 Å². The van der Waals surface area contributed by atoms with Crippen LogP contribution in [0.25, 0.3) is 5.65 Å². The first-order valence-electron chi connectivity index (χ1n) is 8.89. The fraction of sp³-hybridized carbons (Fsp3) is 0.368. The predicted octanol–water partition coefficient (Wildman–Crippen LogP) is 2.90. The van der Waals surface area contributed by atoms with Crippen LogP contribution in [-0.4, -0.2) is 49.4 Å². The van der Waals surface area contributed by atoms with E-state index in [0.29, 0.717) is 11.7 Å². The van der Waals surface area contributed by atoms with Crippen LogP contribution in [0.4, 0.5) is 5.69 Å². The molecule has 140 valence electrons. The molecular formula is C19H22N6OS. The highest BCUT2D eigenvalue weighted by molar-refractivity contribution is 7.80. The lowest BCUT2D eigenvalue weighted by Crippen LogP contribution is -2.36. The van der Waals surface area contributed by atoms with E-state index in [4.69, 9.17) is 17.0 Å². The number of aryl methyl sites for hydroxylation is 2. The standard InChI is InChI=1S/C19H22N6OS/c1-12-4-5-15(13(2)8-12)21-19(27)25-11-14(26-3)9-16(25)18-23-22-17-10-20-6-7-24(17)18/h4-8,10,14,16H,9,11H2,1-3H3,(H,21,27)/t14-,16+/m1/s1. The summed E-state index contributed by atoms with van der Waals surface area (Å²) in [4.78, 5) is 6.25. The molecule has 27 heavy (non-hydrogen) atoms. The normalized spacial score (nSPS) is 19.6. The average Bonchev–Trinajstić information content (AvgIpc) is 3.27. The van der Waals surface area contributed by atoms with Crippen molar-refractivity contribution >= 4 is 28.7 Å². The van der Waals surface area contributed by atoms with Gasteiger partial charge in [-0.15, -0.1) is 10.2 Å². The van der Waals surface area contributed by atoms with Gasteiger partial charge >= 0.3 is 0 Å². The van der Waals surface area contributed by atoms with Crippen LogP contribution < -0.4 is 5.32 Å². The van der Waals surface area contributed by atoms with Gasteiger partial charge in [-0.1, -0.05) is 17.7 Å². The minimum Gasteiger partial charge on any atom is -0.380 e. The molecule has 1 saturated heterocycles. The smallest absolute Gasteiger partial charge is 0.179 e. The molecule has 0 bridgehead atoms. The topological polar surface area (TPSA) is 67.6 Å². The number of fused-ring (bicyclic) bond motifs is 1. The Morgan fingerprint density at radius 1 is 1.30 bits per heavy atom. The largest absolute Gasteiger partial charge is 0.380 e. The molecule has 0 spiro atoms. The van der Waals surface area contributed by atoms with Gasteiger partial charge in [0, 0.05) is 38.2 Å². The number of ether oxygens (including phenoxy) is 1. The summed E-state index contributed by atoms with van der Waals surface area (Å²) in [7, 11) is 1.73. The molecule has 3 aromatic rings. The molecule has 2 aromatic heterocycles. The molecule has 0 unspecified atom stereocenters. The van der Waals surface area contributed by atoms with Crippen molar-refractivity contribution < 1.29 is 4.74 Å². The Labute approximate surface area is 163 Å². The lowest BCUT2D eigenvalue weighted by molar-refractivity contribution is 0.113. The van der Waals surface area contributed by atoms with E-state index < -0.39 is 0 Å². The maximum Gasteiger partial charge on any atom is 0.179 e. The van der Waals surface area contributed by atoms with Crippen molar-refractivity contribution in [3.63, 3.8) is 0 Å². The highest BCUT2D eigenvalue weighted by atomic mass is 32.1. The van der Waals surface area contributed by atoms with Crippen molar-refractivity contribution in [3.05, 3.63) is 53.7 Å². The number of nitrogens with zero attached hydrogens (tertiary/aromatic N) is 5. The maximum atomic E-state index is 5.75. The van der Waals surface area contributed by atoms with Gasteiger partial charge in [-0.05, 0) is 37.7 Å². The van der Waals surface area contributed by atoms with Gasteiger partial charge in [-0.2, -0.15) is 0 Å². The second-order valence-corrected chi connectivity index (χ2v) is 7.26. The summed E-state index contributed by atoms with van der Waals surface area (Å²) in [6.45, 7) is 4.87. The summed E-state index contributed by atoms with van der Waals surface area (Å²) in [5.74, 6) is 0.844. The zero-order valence-electron chi connectivity index (χ0n) is 15.6. The number of anilines is 1. The molecule has 8 heteroatoms. The summed E-state index contributed by atoms with van der Waals surface area (Å²) in [6, 6.07) is 6.27. The minimum atomic E-state index is -0.0156. The van der Waals surface area contributed by atoms with Crippen molar-refractivity contribution in [2.75, 3.05) is 19.0 Å². The summed E-state index contributed by atoms with van der Waals surface area (Å²) in [6.07, 6.45) is 6.20. The van der Waals surface area contributed by atoms with Gasteiger partial charge in [0.1, 0.15) is 0 Å². The number of hydrogen-bond acceptors (Lipinski definition) is 5. The zero-order valence-corrected chi connectivity index (χ0v) is 16.4. The Morgan fingerprint density at radius 3 is 2.93 bits per heavy atom. The third kappa shape index (κ3) is 3.38. The SMILES string of the molecule is CO[C@@H]1C[C@@H](c2nnc3cnccn23)N(C(=S)Nc2ccc(C)cc2C)C1. The second kappa shape index (κ2) is 7.21. The number of methoxy groups -OCH3 is 1. The maximum absolute atomic E-state index is 5.75. The van der Waals surface area contributed by atoms with Gasteiger partial charge in [0.05, 0.1) is 18.3 Å². The highest BCUT2D eigenvalue weighted by Crippen LogP contribution is 2.33.